The molecule has 5 heteroatoms. The second-order valence-electron chi connectivity index (χ2n) is 5.80. The Morgan fingerprint density at radius 2 is 1.76 bits per heavy atom. The molecule has 0 radical (unpaired) electrons. The van der Waals surface area contributed by atoms with Crippen LogP contribution in [0.3, 0.4) is 0 Å². The van der Waals surface area contributed by atoms with Crippen LogP contribution < -0.4 is 15.2 Å². The monoisotopic (exact) mass is 354 g/mol. The second kappa shape index (κ2) is 8.53. The number of nitrogen functional groups attached to an aromatic ring is 1. The molecule has 130 valence electrons. The van der Waals surface area contributed by atoms with Crippen LogP contribution >= 0.6 is 11.3 Å². The first-order valence-electron chi connectivity index (χ1n) is 8.33. The maximum absolute atomic E-state index is 6.09. The third-order valence-corrected chi connectivity index (χ3v) is 4.47. The highest BCUT2D eigenvalue weighted by Gasteiger charge is 2.05. The van der Waals surface area contributed by atoms with E-state index < -0.39 is 0 Å². The lowest BCUT2D eigenvalue weighted by molar-refractivity contribution is 0.266. The standard InChI is InChI=1S/C20H22N2O2S/c1-15-6-2-3-7-19(15)23-10-4-5-11-24-20-9-8-16(12-17(20)21)18-13-25-14-22-18/h2-3,6-9,12-14H,4-5,10-11,21H2,1H3. The molecule has 0 fully saturated rings. The first-order chi connectivity index (χ1) is 12.2. The Morgan fingerprint density at radius 1 is 1.00 bits per heavy atom. The highest BCUT2D eigenvalue weighted by Crippen LogP contribution is 2.28. The Balaban J connectivity index is 1.41. The van der Waals surface area contributed by atoms with Crippen molar-refractivity contribution in [3.63, 3.8) is 0 Å². The number of para-hydroxylation sites is 1. The van der Waals surface area contributed by atoms with Gasteiger partial charge in [-0.15, -0.1) is 11.3 Å². The molecule has 0 spiro atoms. The van der Waals surface area contributed by atoms with Gasteiger partial charge in [0.2, 0.25) is 0 Å². The van der Waals surface area contributed by atoms with E-state index in [1.165, 1.54) is 0 Å². The van der Waals surface area contributed by atoms with E-state index >= 15 is 0 Å². The second-order valence-corrected chi connectivity index (χ2v) is 6.51. The van der Waals surface area contributed by atoms with Crippen LogP contribution in [0.2, 0.25) is 0 Å². The van der Waals surface area contributed by atoms with Gasteiger partial charge in [0.1, 0.15) is 11.5 Å². The average Bonchev–Trinajstić information content (AvgIpc) is 3.15. The van der Waals surface area contributed by atoms with Gasteiger partial charge in [-0.3, -0.25) is 0 Å². The van der Waals surface area contributed by atoms with Crippen LogP contribution in [0.5, 0.6) is 11.5 Å². The lowest BCUT2D eigenvalue weighted by Crippen LogP contribution is -2.04. The number of benzene rings is 2. The molecule has 0 saturated carbocycles. The Hall–Kier alpha value is -2.53. The predicted molar refractivity (Wildman–Crippen MR) is 103 cm³/mol. The molecule has 0 unspecified atom stereocenters. The molecule has 3 aromatic rings. The smallest absolute Gasteiger partial charge is 0.142 e. The number of aryl methyl sites for hydroxylation is 1. The molecule has 0 aliphatic carbocycles. The maximum atomic E-state index is 6.09. The van der Waals surface area contributed by atoms with Gasteiger partial charge in [-0.05, 0) is 49.6 Å². The highest BCUT2D eigenvalue weighted by atomic mass is 32.1. The highest BCUT2D eigenvalue weighted by molar-refractivity contribution is 7.07. The SMILES string of the molecule is Cc1ccccc1OCCCCOc1ccc(-c2cscn2)cc1N. The van der Waals surface area contributed by atoms with Crippen molar-refractivity contribution in [1.82, 2.24) is 4.98 Å². The predicted octanol–water partition coefficient (Wildman–Crippen LogP) is 4.94. The fourth-order valence-electron chi connectivity index (χ4n) is 2.48. The van der Waals surface area contributed by atoms with Crippen LogP contribution in [0.1, 0.15) is 18.4 Å². The van der Waals surface area contributed by atoms with E-state index in [-0.39, 0.29) is 0 Å². The summed E-state index contributed by atoms with van der Waals surface area (Å²) in [5.41, 5.74) is 11.7. The number of thiazole rings is 1. The van der Waals surface area contributed by atoms with E-state index in [0.29, 0.717) is 18.9 Å². The number of unbranched alkanes of at least 4 members (excludes halogenated alkanes) is 1. The van der Waals surface area contributed by atoms with Crippen molar-refractivity contribution in [1.29, 1.82) is 0 Å². The molecule has 4 nitrogen and oxygen atoms in total. The molecule has 25 heavy (non-hydrogen) atoms. The number of rotatable bonds is 8. The minimum atomic E-state index is 0.622. The zero-order chi connectivity index (χ0) is 17.5. The molecule has 1 aromatic heterocycles. The summed E-state index contributed by atoms with van der Waals surface area (Å²) >= 11 is 1.57. The molecule has 2 N–H and O–H groups in total. The summed E-state index contributed by atoms with van der Waals surface area (Å²) in [5, 5.41) is 2.00. The van der Waals surface area contributed by atoms with E-state index in [0.717, 1.165) is 41.2 Å². The van der Waals surface area contributed by atoms with Gasteiger partial charge in [0.25, 0.3) is 0 Å². The van der Waals surface area contributed by atoms with E-state index in [2.05, 4.69) is 18.0 Å². The number of aromatic nitrogens is 1. The van der Waals surface area contributed by atoms with Gasteiger partial charge in [0, 0.05) is 10.9 Å². The van der Waals surface area contributed by atoms with Crippen molar-refractivity contribution >= 4 is 17.0 Å². The summed E-state index contributed by atoms with van der Waals surface area (Å²) in [7, 11) is 0. The number of anilines is 1. The van der Waals surface area contributed by atoms with Crippen LogP contribution in [-0.4, -0.2) is 18.2 Å². The van der Waals surface area contributed by atoms with Gasteiger partial charge in [-0.25, -0.2) is 4.98 Å². The molecule has 3 rings (SSSR count). The summed E-state index contributed by atoms with van der Waals surface area (Å²) in [6.45, 7) is 3.36. The molecule has 0 saturated heterocycles. The number of hydrogen-bond donors (Lipinski definition) is 1. The number of nitrogens with zero attached hydrogens (tertiary/aromatic N) is 1. The fourth-order valence-corrected chi connectivity index (χ4v) is 3.04. The summed E-state index contributed by atoms with van der Waals surface area (Å²) in [6, 6.07) is 13.9. The van der Waals surface area contributed by atoms with Gasteiger partial charge in [-0.2, -0.15) is 0 Å². The third kappa shape index (κ3) is 4.73. The van der Waals surface area contributed by atoms with Crippen molar-refractivity contribution in [2.24, 2.45) is 0 Å². The Labute approximate surface area is 152 Å². The van der Waals surface area contributed by atoms with Crippen molar-refractivity contribution in [3.8, 4) is 22.8 Å². The summed E-state index contributed by atoms with van der Waals surface area (Å²) in [5.74, 6) is 1.67. The van der Waals surface area contributed by atoms with Crippen LogP contribution in [0.15, 0.2) is 53.4 Å². The normalized spacial score (nSPS) is 10.6. The minimum absolute atomic E-state index is 0.622. The van der Waals surface area contributed by atoms with Gasteiger partial charge < -0.3 is 15.2 Å². The van der Waals surface area contributed by atoms with Gasteiger partial charge in [-0.1, -0.05) is 18.2 Å². The first kappa shape index (κ1) is 17.3. The maximum Gasteiger partial charge on any atom is 0.142 e. The first-order valence-corrected chi connectivity index (χ1v) is 9.27. The van der Waals surface area contributed by atoms with Crippen LogP contribution in [0.4, 0.5) is 5.69 Å². The lowest BCUT2D eigenvalue weighted by atomic mass is 10.1. The Bertz CT molecular complexity index is 803. The van der Waals surface area contributed by atoms with Crippen molar-refractivity contribution in [2.45, 2.75) is 19.8 Å². The molecule has 2 aromatic carbocycles. The third-order valence-electron chi connectivity index (χ3n) is 3.89. The van der Waals surface area contributed by atoms with Crippen LogP contribution in [0.25, 0.3) is 11.3 Å². The van der Waals surface area contributed by atoms with E-state index in [4.69, 9.17) is 15.2 Å². The van der Waals surface area contributed by atoms with E-state index in [9.17, 15) is 0 Å². The molecular formula is C20H22N2O2S. The van der Waals surface area contributed by atoms with Crippen molar-refractivity contribution < 1.29 is 9.47 Å². The van der Waals surface area contributed by atoms with Gasteiger partial charge in [0.05, 0.1) is 30.1 Å². The molecule has 0 bridgehead atoms. The summed E-state index contributed by atoms with van der Waals surface area (Å²) in [6.07, 6.45) is 1.85. The molecule has 0 atom stereocenters. The number of hydrogen-bond acceptors (Lipinski definition) is 5. The van der Waals surface area contributed by atoms with Crippen LogP contribution in [-0.2, 0) is 0 Å². The topological polar surface area (TPSA) is 57.4 Å². The molecule has 0 aliphatic heterocycles. The molecule has 1 heterocycles. The lowest BCUT2D eigenvalue weighted by Gasteiger charge is -2.11. The van der Waals surface area contributed by atoms with Gasteiger partial charge in [0.15, 0.2) is 0 Å². The molecule has 0 amide bonds. The molecular weight excluding hydrogens is 332 g/mol. The fraction of sp³-hybridized carbons (Fsp3) is 0.250. The molecule has 0 aliphatic rings. The quantitative estimate of drug-likeness (QED) is 0.460. The minimum Gasteiger partial charge on any atom is -0.493 e. The zero-order valence-corrected chi connectivity index (χ0v) is 15.1. The zero-order valence-electron chi connectivity index (χ0n) is 14.3. The summed E-state index contributed by atoms with van der Waals surface area (Å²) in [4.78, 5) is 4.29. The average molecular weight is 354 g/mol. The Kier molecular flexibility index (Phi) is 5.90. The van der Waals surface area contributed by atoms with E-state index in [1.807, 2.05) is 47.3 Å². The van der Waals surface area contributed by atoms with Crippen molar-refractivity contribution in [2.75, 3.05) is 18.9 Å². The summed E-state index contributed by atoms with van der Waals surface area (Å²) < 4.78 is 11.6. The van der Waals surface area contributed by atoms with Crippen LogP contribution in [0, 0.1) is 6.92 Å². The number of nitrogens with two attached hydrogens (primary N) is 1. The van der Waals surface area contributed by atoms with Crippen molar-refractivity contribution in [3.05, 3.63) is 58.9 Å². The number of ether oxygens (including phenoxy) is 2. The van der Waals surface area contributed by atoms with E-state index in [1.54, 1.807) is 11.3 Å². The Morgan fingerprint density at radius 3 is 2.44 bits per heavy atom. The van der Waals surface area contributed by atoms with Gasteiger partial charge >= 0.3 is 0 Å². The largest absolute Gasteiger partial charge is 0.493 e.